The lowest BCUT2D eigenvalue weighted by Gasteiger charge is -2.10. The average molecular weight is 376 g/mol. The van der Waals surface area contributed by atoms with Crippen LogP contribution in [-0.2, 0) is 11.3 Å². The number of nitrogens with one attached hydrogen (secondary N) is 2. The zero-order valence-corrected chi connectivity index (χ0v) is 15.6. The first-order valence-electron chi connectivity index (χ1n) is 9.25. The van der Waals surface area contributed by atoms with Crippen molar-refractivity contribution in [3.8, 4) is 11.5 Å². The summed E-state index contributed by atoms with van der Waals surface area (Å²) < 4.78 is 11.3. The highest BCUT2D eigenvalue weighted by molar-refractivity contribution is 5.80. The summed E-state index contributed by atoms with van der Waals surface area (Å²) >= 11 is 0. The second-order valence-electron chi connectivity index (χ2n) is 6.15. The van der Waals surface area contributed by atoms with Crippen LogP contribution < -0.4 is 20.1 Å². The smallest absolute Gasteiger partial charge is 0.239 e. The lowest BCUT2D eigenvalue weighted by Crippen LogP contribution is -2.29. The van der Waals surface area contributed by atoms with Crippen LogP contribution in [0, 0.1) is 0 Å². The Labute approximate surface area is 165 Å². The van der Waals surface area contributed by atoms with Crippen molar-refractivity contribution in [3.05, 3.63) is 90.5 Å². The Morgan fingerprint density at radius 2 is 1.29 bits per heavy atom. The van der Waals surface area contributed by atoms with Gasteiger partial charge in [-0.3, -0.25) is 4.79 Å². The molecule has 144 valence electrons. The molecule has 28 heavy (non-hydrogen) atoms. The van der Waals surface area contributed by atoms with Gasteiger partial charge in [-0.15, -0.1) is 0 Å². The van der Waals surface area contributed by atoms with Gasteiger partial charge in [-0.05, 0) is 42.0 Å². The number of anilines is 1. The maximum atomic E-state index is 11.9. The highest BCUT2D eigenvalue weighted by Crippen LogP contribution is 2.15. The second-order valence-corrected chi connectivity index (χ2v) is 6.15. The summed E-state index contributed by atoms with van der Waals surface area (Å²) in [7, 11) is 0. The lowest BCUT2D eigenvalue weighted by atomic mass is 10.2. The largest absolute Gasteiger partial charge is 0.490 e. The molecule has 0 aromatic heterocycles. The minimum atomic E-state index is -0.0535. The van der Waals surface area contributed by atoms with Gasteiger partial charge in [0, 0.05) is 12.2 Å². The molecule has 0 bridgehead atoms. The normalized spacial score (nSPS) is 10.1. The van der Waals surface area contributed by atoms with Crippen molar-refractivity contribution >= 4 is 11.6 Å². The van der Waals surface area contributed by atoms with E-state index in [1.807, 2.05) is 84.9 Å². The van der Waals surface area contributed by atoms with Crippen LogP contribution in [-0.4, -0.2) is 25.7 Å². The Kier molecular flexibility index (Phi) is 7.32. The summed E-state index contributed by atoms with van der Waals surface area (Å²) in [6.45, 7) is 1.69. The van der Waals surface area contributed by atoms with Gasteiger partial charge in [-0.2, -0.15) is 0 Å². The summed E-state index contributed by atoms with van der Waals surface area (Å²) in [5.74, 6) is 1.54. The fraction of sp³-hybridized carbons (Fsp3) is 0.174. The zero-order valence-electron chi connectivity index (χ0n) is 15.6. The molecule has 0 unspecified atom stereocenters. The van der Waals surface area contributed by atoms with Gasteiger partial charge in [0.1, 0.15) is 24.7 Å². The Bertz CT molecular complexity index is 837. The molecule has 0 radical (unpaired) electrons. The molecular formula is C23H24N2O3. The van der Waals surface area contributed by atoms with Crippen LogP contribution in [0.2, 0.25) is 0 Å². The van der Waals surface area contributed by atoms with E-state index in [0.29, 0.717) is 19.8 Å². The molecule has 0 atom stereocenters. The van der Waals surface area contributed by atoms with E-state index in [0.717, 1.165) is 22.7 Å². The van der Waals surface area contributed by atoms with Crippen molar-refractivity contribution < 1.29 is 14.3 Å². The van der Waals surface area contributed by atoms with E-state index in [4.69, 9.17) is 9.47 Å². The van der Waals surface area contributed by atoms with Gasteiger partial charge < -0.3 is 20.1 Å². The Hall–Kier alpha value is -3.47. The van der Waals surface area contributed by atoms with Crippen LogP contribution in [0.3, 0.4) is 0 Å². The highest BCUT2D eigenvalue weighted by Gasteiger charge is 2.02. The number of carbonyl (C=O) groups is 1. The summed E-state index contributed by atoms with van der Waals surface area (Å²) in [5.41, 5.74) is 1.94. The van der Waals surface area contributed by atoms with Crippen LogP contribution in [0.1, 0.15) is 5.56 Å². The van der Waals surface area contributed by atoms with Gasteiger partial charge >= 0.3 is 0 Å². The first kappa shape index (κ1) is 19.3. The molecule has 5 heteroatoms. The van der Waals surface area contributed by atoms with E-state index in [2.05, 4.69) is 10.6 Å². The van der Waals surface area contributed by atoms with E-state index in [1.54, 1.807) is 0 Å². The van der Waals surface area contributed by atoms with E-state index in [1.165, 1.54) is 0 Å². The van der Waals surface area contributed by atoms with Gasteiger partial charge in [0.15, 0.2) is 0 Å². The zero-order chi connectivity index (χ0) is 19.4. The Balaban J connectivity index is 1.33. The van der Waals surface area contributed by atoms with Gasteiger partial charge in [0.05, 0.1) is 6.54 Å². The van der Waals surface area contributed by atoms with E-state index in [9.17, 15) is 4.79 Å². The first-order chi connectivity index (χ1) is 13.8. The lowest BCUT2D eigenvalue weighted by molar-refractivity contribution is -0.119. The quantitative estimate of drug-likeness (QED) is 0.527. The minimum absolute atomic E-state index is 0.0535. The fourth-order valence-electron chi connectivity index (χ4n) is 2.55. The van der Waals surface area contributed by atoms with Crippen molar-refractivity contribution in [2.75, 3.05) is 25.1 Å². The predicted octanol–water partition coefficient (Wildman–Crippen LogP) is 3.87. The van der Waals surface area contributed by atoms with Crippen molar-refractivity contribution in [1.82, 2.24) is 5.32 Å². The number of hydrogen-bond acceptors (Lipinski definition) is 4. The van der Waals surface area contributed by atoms with Crippen LogP contribution in [0.15, 0.2) is 84.9 Å². The minimum Gasteiger partial charge on any atom is -0.490 e. The number of amides is 1. The van der Waals surface area contributed by atoms with Crippen LogP contribution in [0.4, 0.5) is 5.69 Å². The average Bonchev–Trinajstić information content (AvgIpc) is 2.76. The molecule has 0 spiro atoms. The standard InChI is InChI=1S/C23H24N2O3/c26-23(25-17-19-7-3-1-4-8-19)18-24-20-11-13-22(14-12-20)28-16-15-27-21-9-5-2-6-10-21/h1-14,24H,15-18H2,(H,25,26). The molecule has 0 aliphatic heterocycles. The van der Waals surface area contributed by atoms with Gasteiger partial charge in [0.25, 0.3) is 0 Å². The first-order valence-corrected chi connectivity index (χ1v) is 9.25. The second kappa shape index (κ2) is 10.6. The maximum absolute atomic E-state index is 11.9. The third-order valence-corrected chi connectivity index (χ3v) is 4.00. The van der Waals surface area contributed by atoms with E-state index >= 15 is 0 Å². The van der Waals surface area contributed by atoms with Gasteiger partial charge in [0.2, 0.25) is 5.91 Å². The molecule has 1 amide bonds. The molecule has 0 heterocycles. The Morgan fingerprint density at radius 1 is 0.714 bits per heavy atom. The van der Waals surface area contributed by atoms with E-state index in [-0.39, 0.29) is 12.5 Å². The third kappa shape index (κ3) is 6.68. The number of para-hydroxylation sites is 1. The fourth-order valence-corrected chi connectivity index (χ4v) is 2.55. The van der Waals surface area contributed by atoms with Crippen LogP contribution >= 0.6 is 0 Å². The maximum Gasteiger partial charge on any atom is 0.239 e. The van der Waals surface area contributed by atoms with Gasteiger partial charge in [-0.25, -0.2) is 0 Å². The number of rotatable bonds is 10. The SMILES string of the molecule is O=C(CNc1ccc(OCCOc2ccccc2)cc1)NCc1ccccc1. The number of carbonyl (C=O) groups excluding carboxylic acids is 1. The van der Waals surface area contributed by atoms with Crippen molar-refractivity contribution in [2.24, 2.45) is 0 Å². The van der Waals surface area contributed by atoms with Crippen molar-refractivity contribution in [2.45, 2.75) is 6.54 Å². The summed E-state index contributed by atoms with van der Waals surface area (Å²) in [6, 6.07) is 27.0. The third-order valence-electron chi connectivity index (χ3n) is 4.00. The molecule has 0 saturated heterocycles. The molecule has 0 aliphatic rings. The summed E-state index contributed by atoms with van der Waals surface area (Å²) in [6.07, 6.45) is 0. The molecule has 0 saturated carbocycles. The van der Waals surface area contributed by atoms with Crippen LogP contribution in [0.25, 0.3) is 0 Å². The molecule has 3 aromatic carbocycles. The predicted molar refractivity (Wildman–Crippen MR) is 111 cm³/mol. The number of ether oxygens (including phenoxy) is 2. The summed E-state index contributed by atoms with van der Waals surface area (Å²) in [5, 5.41) is 5.99. The number of hydrogen-bond donors (Lipinski definition) is 2. The Morgan fingerprint density at radius 3 is 1.93 bits per heavy atom. The topological polar surface area (TPSA) is 59.6 Å². The molecule has 5 nitrogen and oxygen atoms in total. The molecular weight excluding hydrogens is 352 g/mol. The monoisotopic (exact) mass is 376 g/mol. The van der Waals surface area contributed by atoms with E-state index < -0.39 is 0 Å². The highest BCUT2D eigenvalue weighted by atomic mass is 16.5. The van der Waals surface area contributed by atoms with Crippen molar-refractivity contribution in [1.29, 1.82) is 0 Å². The van der Waals surface area contributed by atoms with Crippen molar-refractivity contribution in [3.63, 3.8) is 0 Å². The van der Waals surface area contributed by atoms with Gasteiger partial charge in [-0.1, -0.05) is 48.5 Å². The summed E-state index contributed by atoms with van der Waals surface area (Å²) in [4.78, 5) is 11.9. The molecule has 2 N–H and O–H groups in total. The molecule has 0 fully saturated rings. The molecule has 3 rings (SSSR count). The van der Waals surface area contributed by atoms with Crippen LogP contribution in [0.5, 0.6) is 11.5 Å². The molecule has 3 aromatic rings. The number of benzene rings is 3. The molecule has 0 aliphatic carbocycles.